The van der Waals surface area contributed by atoms with Crippen LogP contribution < -0.4 is 4.74 Å². The van der Waals surface area contributed by atoms with Gasteiger partial charge in [0.25, 0.3) is 11.7 Å². The number of aromatic nitrogens is 5. The number of ether oxygens (including phenoxy) is 1. The SMILES string of the molecule is CO/N=C(/c1ccccc1)N1CCN(C(=O)C(=O)c2c[nH]c3c(-n4cnc(C)n4)ncc(OC)c23)CC1. The number of fused-ring (bicyclic) bond motifs is 1. The molecule has 0 unspecified atom stereocenters. The zero-order valence-electron chi connectivity index (χ0n) is 20.7. The van der Waals surface area contributed by atoms with Gasteiger partial charge in [0.15, 0.2) is 11.7 Å². The number of Topliss-reactive ketones (excluding diaryl/α,β-unsaturated/α-hetero) is 1. The van der Waals surface area contributed by atoms with E-state index in [1.165, 1.54) is 37.6 Å². The minimum absolute atomic E-state index is 0.214. The van der Waals surface area contributed by atoms with Crippen LogP contribution in [-0.2, 0) is 9.63 Å². The molecule has 1 aliphatic rings. The van der Waals surface area contributed by atoms with Gasteiger partial charge in [0.05, 0.1) is 29.8 Å². The van der Waals surface area contributed by atoms with Crippen molar-refractivity contribution < 1.29 is 19.2 Å². The maximum atomic E-state index is 13.4. The Morgan fingerprint density at radius 3 is 2.41 bits per heavy atom. The number of aromatic amines is 1. The van der Waals surface area contributed by atoms with Crippen LogP contribution in [0.2, 0.25) is 0 Å². The molecule has 0 bridgehead atoms. The van der Waals surface area contributed by atoms with Gasteiger partial charge in [0.1, 0.15) is 25.0 Å². The van der Waals surface area contributed by atoms with Crippen molar-refractivity contribution in [2.24, 2.45) is 5.16 Å². The molecule has 1 N–H and O–H groups in total. The lowest BCUT2D eigenvalue weighted by Crippen LogP contribution is -2.52. The van der Waals surface area contributed by atoms with E-state index in [1.54, 1.807) is 11.8 Å². The van der Waals surface area contributed by atoms with Gasteiger partial charge in [-0.2, -0.15) is 5.10 Å². The highest BCUT2D eigenvalue weighted by Crippen LogP contribution is 2.32. The molecule has 0 radical (unpaired) electrons. The lowest BCUT2D eigenvalue weighted by Gasteiger charge is -2.35. The fourth-order valence-corrected chi connectivity index (χ4v) is 4.41. The van der Waals surface area contributed by atoms with Crippen molar-refractivity contribution in [1.29, 1.82) is 0 Å². The molecule has 1 fully saturated rings. The topological polar surface area (TPSA) is 131 Å². The van der Waals surface area contributed by atoms with Crippen molar-refractivity contribution >= 4 is 28.4 Å². The third-order valence-electron chi connectivity index (χ3n) is 6.21. The number of piperazine rings is 1. The predicted octanol–water partition coefficient (Wildman–Crippen LogP) is 1.80. The first-order valence-corrected chi connectivity index (χ1v) is 11.7. The smallest absolute Gasteiger partial charge is 0.295 e. The number of carbonyl (C=O) groups excluding carboxylic acids is 2. The van der Waals surface area contributed by atoms with Crippen molar-refractivity contribution in [2.75, 3.05) is 40.4 Å². The molecule has 1 saturated heterocycles. The second kappa shape index (κ2) is 10.1. The predicted molar refractivity (Wildman–Crippen MR) is 135 cm³/mol. The van der Waals surface area contributed by atoms with Gasteiger partial charge < -0.3 is 24.4 Å². The van der Waals surface area contributed by atoms with E-state index in [1.807, 2.05) is 35.2 Å². The van der Waals surface area contributed by atoms with Crippen molar-refractivity contribution in [1.82, 2.24) is 34.5 Å². The molecule has 1 aliphatic heterocycles. The largest absolute Gasteiger partial charge is 0.494 e. The maximum absolute atomic E-state index is 13.4. The zero-order valence-corrected chi connectivity index (χ0v) is 20.7. The van der Waals surface area contributed by atoms with Crippen molar-refractivity contribution in [3.8, 4) is 11.6 Å². The molecule has 1 amide bonds. The van der Waals surface area contributed by atoms with Gasteiger partial charge in [0, 0.05) is 37.9 Å². The van der Waals surface area contributed by atoms with Crippen LogP contribution in [0.5, 0.6) is 5.75 Å². The summed E-state index contributed by atoms with van der Waals surface area (Å²) in [6.45, 7) is 3.51. The van der Waals surface area contributed by atoms with Crippen LogP contribution in [-0.4, -0.2) is 92.5 Å². The van der Waals surface area contributed by atoms with Gasteiger partial charge in [0.2, 0.25) is 0 Å². The number of nitrogens with one attached hydrogen (secondary N) is 1. The van der Waals surface area contributed by atoms with E-state index >= 15 is 0 Å². The molecule has 0 atom stereocenters. The van der Waals surface area contributed by atoms with Crippen LogP contribution in [0.1, 0.15) is 21.7 Å². The number of hydrogen-bond donors (Lipinski definition) is 1. The summed E-state index contributed by atoms with van der Waals surface area (Å²) in [5, 5.41) is 8.96. The summed E-state index contributed by atoms with van der Waals surface area (Å²) in [7, 11) is 2.99. The van der Waals surface area contributed by atoms with Gasteiger partial charge >= 0.3 is 0 Å². The summed E-state index contributed by atoms with van der Waals surface area (Å²) >= 11 is 0. The first kappa shape index (κ1) is 24.0. The normalized spacial score (nSPS) is 14.2. The summed E-state index contributed by atoms with van der Waals surface area (Å²) in [5.41, 5.74) is 1.65. The highest BCUT2D eigenvalue weighted by Gasteiger charge is 2.31. The third kappa shape index (κ3) is 4.48. The monoisotopic (exact) mass is 502 g/mol. The maximum Gasteiger partial charge on any atom is 0.295 e. The number of ketones is 1. The Kier molecular flexibility index (Phi) is 6.54. The average molecular weight is 503 g/mol. The first-order valence-electron chi connectivity index (χ1n) is 11.7. The van der Waals surface area contributed by atoms with Gasteiger partial charge in [-0.3, -0.25) is 9.59 Å². The lowest BCUT2D eigenvalue weighted by atomic mass is 10.1. The number of H-pyrrole nitrogens is 1. The fourth-order valence-electron chi connectivity index (χ4n) is 4.41. The summed E-state index contributed by atoms with van der Waals surface area (Å²) in [6.07, 6.45) is 4.55. The van der Waals surface area contributed by atoms with E-state index in [0.717, 1.165) is 5.56 Å². The minimum Gasteiger partial charge on any atom is -0.494 e. The van der Waals surface area contributed by atoms with E-state index in [-0.39, 0.29) is 5.56 Å². The number of rotatable bonds is 6. The molecule has 4 heterocycles. The highest BCUT2D eigenvalue weighted by molar-refractivity contribution is 6.45. The third-order valence-corrected chi connectivity index (χ3v) is 6.21. The number of amides is 1. The van der Waals surface area contributed by atoms with E-state index in [0.29, 0.717) is 60.3 Å². The van der Waals surface area contributed by atoms with Crippen molar-refractivity contribution in [3.05, 3.63) is 66.0 Å². The Hall–Kier alpha value is -4.74. The fraction of sp³-hybridized carbons (Fsp3) is 0.280. The van der Waals surface area contributed by atoms with Gasteiger partial charge in [-0.15, -0.1) is 0 Å². The molecule has 4 aromatic rings. The van der Waals surface area contributed by atoms with Crippen LogP contribution in [0, 0.1) is 6.92 Å². The molecule has 0 aliphatic carbocycles. The van der Waals surface area contributed by atoms with Crippen LogP contribution in [0.4, 0.5) is 0 Å². The summed E-state index contributed by atoms with van der Waals surface area (Å²) in [5.74, 6) is 0.880. The number of nitrogens with zero attached hydrogens (tertiary/aromatic N) is 7. The molecule has 3 aromatic heterocycles. The Labute approximate surface area is 212 Å². The van der Waals surface area contributed by atoms with Crippen LogP contribution in [0.15, 0.2) is 54.2 Å². The Morgan fingerprint density at radius 2 is 1.76 bits per heavy atom. The van der Waals surface area contributed by atoms with Crippen LogP contribution in [0.3, 0.4) is 0 Å². The number of carbonyl (C=O) groups is 2. The highest BCUT2D eigenvalue weighted by atomic mass is 16.6. The summed E-state index contributed by atoms with van der Waals surface area (Å²) in [6, 6.07) is 9.70. The van der Waals surface area contributed by atoms with Crippen LogP contribution in [0.25, 0.3) is 16.7 Å². The Bertz CT molecular complexity index is 1470. The summed E-state index contributed by atoms with van der Waals surface area (Å²) < 4.78 is 6.98. The summed E-state index contributed by atoms with van der Waals surface area (Å²) in [4.78, 5) is 47.0. The number of benzene rings is 1. The van der Waals surface area contributed by atoms with E-state index in [9.17, 15) is 9.59 Å². The molecule has 37 heavy (non-hydrogen) atoms. The second-order valence-corrected chi connectivity index (χ2v) is 8.41. The number of methoxy groups -OCH3 is 1. The number of hydrogen-bond acceptors (Lipinski definition) is 8. The number of pyridine rings is 1. The molecule has 12 nitrogen and oxygen atoms in total. The molecule has 0 saturated carbocycles. The lowest BCUT2D eigenvalue weighted by molar-refractivity contribution is -0.127. The van der Waals surface area contributed by atoms with E-state index in [2.05, 4.69) is 25.2 Å². The molecule has 1 aromatic carbocycles. The molecule has 0 spiro atoms. The molecular formula is C25H26N8O4. The minimum atomic E-state index is -0.626. The Balaban J connectivity index is 1.37. The van der Waals surface area contributed by atoms with Gasteiger partial charge in [-0.05, 0) is 6.92 Å². The molecule has 190 valence electrons. The molecule has 5 rings (SSSR count). The van der Waals surface area contributed by atoms with E-state index in [4.69, 9.17) is 9.57 Å². The number of oxime groups is 1. The zero-order chi connectivity index (χ0) is 25.9. The number of aryl methyl sites for hydroxylation is 1. The molecule has 12 heteroatoms. The second-order valence-electron chi connectivity index (χ2n) is 8.41. The first-order chi connectivity index (χ1) is 18.0. The van der Waals surface area contributed by atoms with Gasteiger partial charge in [-0.1, -0.05) is 35.5 Å². The van der Waals surface area contributed by atoms with Gasteiger partial charge in [-0.25, -0.2) is 14.6 Å². The average Bonchev–Trinajstić information content (AvgIpc) is 3.58. The van der Waals surface area contributed by atoms with Crippen molar-refractivity contribution in [2.45, 2.75) is 6.92 Å². The van der Waals surface area contributed by atoms with Crippen molar-refractivity contribution in [3.63, 3.8) is 0 Å². The molecular weight excluding hydrogens is 476 g/mol. The van der Waals surface area contributed by atoms with E-state index < -0.39 is 11.7 Å². The standard InChI is InChI=1S/C25H26N8O4/c1-16-28-15-33(29-16)24-21-20(19(36-2)14-27-24)18(13-26-21)22(34)25(35)32-11-9-31(10-12-32)23(30-37-3)17-7-5-4-6-8-17/h4-8,13-15,26H,9-12H2,1-3H3/b30-23-. The quantitative estimate of drug-likeness (QED) is 0.139. The number of amidine groups is 1. The Morgan fingerprint density at radius 1 is 1.03 bits per heavy atom. The van der Waals surface area contributed by atoms with Crippen LogP contribution >= 0.6 is 0 Å².